The lowest BCUT2D eigenvalue weighted by molar-refractivity contribution is -0.130. The van der Waals surface area contributed by atoms with Crippen molar-refractivity contribution >= 4 is 41.1 Å². The Morgan fingerprint density at radius 1 is 1.07 bits per heavy atom. The van der Waals surface area contributed by atoms with Gasteiger partial charge in [-0.15, -0.1) is 0 Å². The van der Waals surface area contributed by atoms with Crippen molar-refractivity contribution in [2.24, 2.45) is 0 Å². The summed E-state index contributed by atoms with van der Waals surface area (Å²) in [6.45, 7) is 0. The Balaban J connectivity index is 1.67. The first-order chi connectivity index (χ1) is 14.0. The van der Waals surface area contributed by atoms with Gasteiger partial charge in [-0.25, -0.2) is 4.79 Å². The van der Waals surface area contributed by atoms with Gasteiger partial charge in [-0.1, -0.05) is 30.3 Å². The number of hydrogen-bond acceptors (Lipinski definition) is 6. The molecule has 29 heavy (non-hydrogen) atoms. The molecule has 0 radical (unpaired) electrons. The molecule has 1 fully saturated rings. The highest BCUT2D eigenvalue weighted by Crippen LogP contribution is 2.28. The van der Waals surface area contributed by atoms with Crippen LogP contribution >= 0.6 is 12.2 Å². The zero-order valence-electron chi connectivity index (χ0n) is 15.2. The highest BCUT2D eigenvalue weighted by molar-refractivity contribution is 7.80. The number of methoxy groups -OCH3 is 1. The van der Waals surface area contributed by atoms with Gasteiger partial charge in [0, 0.05) is 11.8 Å². The Morgan fingerprint density at radius 3 is 2.59 bits per heavy atom. The predicted molar refractivity (Wildman–Crippen MR) is 108 cm³/mol. The molecule has 0 aliphatic carbocycles. The van der Waals surface area contributed by atoms with Crippen molar-refractivity contribution in [2.75, 3.05) is 7.11 Å². The maximum atomic E-state index is 12.8. The summed E-state index contributed by atoms with van der Waals surface area (Å²) in [5.74, 6) is -1.11. The van der Waals surface area contributed by atoms with Crippen LogP contribution in [-0.4, -0.2) is 34.8 Å². The molecule has 0 bridgehead atoms. The number of benzene rings is 2. The molecular formula is C21H14N2O5S. The van der Waals surface area contributed by atoms with Gasteiger partial charge in [0.05, 0.1) is 12.7 Å². The quantitative estimate of drug-likeness (QED) is 0.276. The molecule has 0 atom stereocenters. The van der Waals surface area contributed by atoms with Crippen LogP contribution in [0.15, 0.2) is 66.0 Å². The van der Waals surface area contributed by atoms with Crippen molar-refractivity contribution in [1.82, 2.24) is 10.2 Å². The molecule has 2 aromatic rings. The molecule has 2 aliphatic heterocycles. The van der Waals surface area contributed by atoms with Crippen LogP contribution in [0.2, 0.25) is 0 Å². The molecule has 0 unspecified atom stereocenters. The summed E-state index contributed by atoms with van der Waals surface area (Å²) in [5.41, 5.74) is 0.826. The fourth-order valence-corrected chi connectivity index (χ4v) is 3.23. The van der Waals surface area contributed by atoms with E-state index < -0.39 is 17.7 Å². The molecular weight excluding hydrogens is 392 g/mol. The third kappa shape index (κ3) is 3.30. The number of nitrogens with zero attached hydrogens (tertiary/aromatic N) is 1. The molecule has 1 N–H and O–H groups in total. The first-order valence-electron chi connectivity index (χ1n) is 8.56. The first kappa shape index (κ1) is 18.6. The van der Waals surface area contributed by atoms with Crippen molar-refractivity contribution in [1.29, 1.82) is 0 Å². The van der Waals surface area contributed by atoms with Gasteiger partial charge in [-0.3, -0.25) is 14.5 Å². The van der Waals surface area contributed by atoms with E-state index in [1.54, 1.807) is 42.5 Å². The van der Waals surface area contributed by atoms with Gasteiger partial charge in [-0.05, 0) is 36.5 Å². The minimum Gasteiger partial charge on any atom is -0.496 e. The number of Topliss-reactive ketones (excluding diaryl/α,β-unsaturated/α-hetero) is 1. The summed E-state index contributed by atoms with van der Waals surface area (Å²) in [6.07, 6.45) is 2.70. The van der Waals surface area contributed by atoms with E-state index in [1.165, 1.54) is 13.2 Å². The van der Waals surface area contributed by atoms with E-state index in [2.05, 4.69) is 5.32 Å². The monoisotopic (exact) mass is 406 g/mol. The van der Waals surface area contributed by atoms with E-state index >= 15 is 0 Å². The SMILES string of the molecule is COc1ccccc1/C=C1/NC(=S)N(/C=C2/C(=O)Oc3ccccc3C2=O)C1=O. The topological polar surface area (TPSA) is 84.9 Å². The molecule has 2 aromatic carbocycles. The zero-order valence-corrected chi connectivity index (χ0v) is 16.0. The maximum absolute atomic E-state index is 12.8. The van der Waals surface area contributed by atoms with Gasteiger partial charge in [0.15, 0.2) is 5.11 Å². The Bertz CT molecular complexity index is 1140. The van der Waals surface area contributed by atoms with E-state index in [9.17, 15) is 14.4 Å². The molecule has 0 spiro atoms. The average molecular weight is 406 g/mol. The number of carbonyl (C=O) groups is 3. The second-order valence-corrected chi connectivity index (χ2v) is 6.55. The summed E-state index contributed by atoms with van der Waals surface area (Å²) in [6, 6.07) is 13.6. The number of carbonyl (C=O) groups excluding carboxylic acids is 3. The Kier molecular flexibility index (Phi) is 4.69. The molecule has 4 rings (SSSR count). The van der Waals surface area contributed by atoms with Crippen molar-refractivity contribution < 1.29 is 23.9 Å². The van der Waals surface area contributed by atoms with Crippen LogP contribution in [0.25, 0.3) is 6.08 Å². The van der Waals surface area contributed by atoms with E-state index in [4.69, 9.17) is 21.7 Å². The number of ether oxygens (including phenoxy) is 2. The van der Waals surface area contributed by atoms with Gasteiger partial charge >= 0.3 is 5.97 Å². The number of rotatable bonds is 3. The highest BCUT2D eigenvalue weighted by atomic mass is 32.1. The Morgan fingerprint density at radius 2 is 1.79 bits per heavy atom. The summed E-state index contributed by atoms with van der Waals surface area (Å²) in [4.78, 5) is 38.8. The molecule has 7 nitrogen and oxygen atoms in total. The molecule has 2 heterocycles. The highest BCUT2D eigenvalue weighted by Gasteiger charge is 2.35. The number of esters is 1. The lowest BCUT2D eigenvalue weighted by Gasteiger charge is -2.18. The normalized spacial score (nSPS) is 18.7. The summed E-state index contributed by atoms with van der Waals surface area (Å²) in [7, 11) is 1.53. The van der Waals surface area contributed by atoms with E-state index in [1.807, 2.05) is 6.07 Å². The van der Waals surface area contributed by atoms with Gasteiger partial charge < -0.3 is 14.8 Å². The minimum absolute atomic E-state index is 0.0445. The van der Waals surface area contributed by atoms with Crippen LogP contribution in [-0.2, 0) is 9.59 Å². The number of thiocarbonyl (C=S) groups is 1. The number of fused-ring (bicyclic) bond motifs is 1. The van der Waals surface area contributed by atoms with Crippen molar-refractivity contribution in [3.05, 3.63) is 77.1 Å². The van der Waals surface area contributed by atoms with E-state index in [0.717, 1.165) is 11.1 Å². The molecule has 0 aromatic heterocycles. The zero-order chi connectivity index (χ0) is 20.5. The van der Waals surface area contributed by atoms with Crippen molar-refractivity contribution in [3.8, 4) is 11.5 Å². The lowest BCUT2D eigenvalue weighted by atomic mass is 10.0. The third-order valence-electron chi connectivity index (χ3n) is 4.41. The fourth-order valence-electron chi connectivity index (χ4n) is 2.98. The number of hydrogen-bond donors (Lipinski definition) is 1. The van der Waals surface area contributed by atoms with Gasteiger partial charge in [0.25, 0.3) is 5.91 Å². The first-order valence-corrected chi connectivity index (χ1v) is 8.97. The second kappa shape index (κ2) is 7.33. The van der Waals surface area contributed by atoms with E-state index in [0.29, 0.717) is 11.3 Å². The third-order valence-corrected chi connectivity index (χ3v) is 4.70. The molecule has 1 saturated heterocycles. The largest absolute Gasteiger partial charge is 0.496 e. The smallest absolute Gasteiger partial charge is 0.349 e. The summed E-state index contributed by atoms with van der Waals surface area (Å²) < 4.78 is 10.5. The van der Waals surface area contributed by atoms with Crippen LogP contribution in [0, 0.1) is 0 Å². The number of ketones is 1. The van der Waals surface area contributed by atoms with Crippen LogP contribution in [0.1, 0.15) is 15.9 Å². The van der Waals surface area contributed by atoms with Gasteiger partial charge in [-0.2, -0.15) is 0 Å². The second-order valence-electron chi connectivity index (χ2n) is 6.16. The van der Waals surface area contributed by atoms with E-state index in [-0.39, 0.29) is 27.7 Å². The predicted octanol–water partition coefficient (Wildman–Crippen LogP) is 2.44. The van der Waals surface area contributed by atoms with Gasteiger partial charge in [0.2, 0.25) is 5.78 Å². The molecule has 8 heteroatoms. The number of para-hydroxylation sites is 2. The summed E-state index contributed by atoms with van der Waals surface area (Å²) >= 11 is 5.21. The molecule has 0 saturated carbocycles. The lowest BCUT2D eigenvalue weighted by Crippen LogP contribution is -2.31. The van der Waals surface area contributed by atoms with Gasteiger partial charge in [0.1, 0.15) is 22.8 Å². The van der Waals surface area contributed by atoms with Crippen LogP contribution in [0.5, 0.6) is 11.5 Å². The minimum atomic E-state index is -0.841. The molecule has 1 amide bonds. The number of nitrogens with one attached hydrogen (secondary N) is 1. The van der Waals surface area contributed by atoms with Crippen molar-refractivity contribution in [3.63, 3.8) is 0 Å². The Hall–Kier alpha value is -3.78. The molecule has 144 valence electrons. The van der Waals surface area contributed by atoms with Crippen LogP contribution in [0.3, 0.4) is 0 Å². The standard InChI is InChI=1S/C21H14N2O5S/c1-27-16-8-4-2-6-12(16)10-15-19(25)23(21(29)22-15)11-14-18(24)13-7-3-5-9-17(13)28-20(14)26/h2-11H,1H3,(H,22,29)/b14-11+,15-10+. The van der Waals surface area contributed by atoms with Crippen LogP contribution in [0.4, 0.5) is 0 Å². The maximum Gasteiger partial charge on any atom is 0.349 e. The molecule has 2 aliphatic rings. The summed E-state index contributed by atoms with van der Waals surface area (Å²) in [5, 5.41) is 2.84. The number of amides is 1. The van der Waals surface area contributed by atoms with Crippen LogP contribution < -0.4 is 14.8 Å². The van der Waals surface area contributed by atoms with Crippen molar-refractivity contribution in [2.45, 2.75) is 0 Å². The average Bonchev–Trinajstić information content (AvgIpc) is 2.98. The Labute approximate surface area is 171 Å². The fraction of sp³-hybridized carbons (Fsp3) is 0.0476.